The molecular weight excluding hydrogens is 605 g/mol. The van der Waals surface area contributed by atoms with Crippen molar-refractivity contribution in [3.8, 4) is 5.30 Å². The number of rotatable bonds is 1. The molecule has 0 N–H and O–H groups in total. The van der Waals surface area contributed by atoms with Gasteiger partial charge in [-0.25, -0.2) is 11.1 Å². The summed E-state index contributed by atoms with van der Waals surface area (Å²) in [4.78, 5) is 0. The fraction of sp³-hybridized carbons (Fsp3) is 0.222. The Labute approximate surface area is 217 Å². The molecule has 0 fully saturated rings. The van der Waals surface area contributed by atoms with Crippen LogP contribution >= 0.6 is 7.53 Å². The van der Waals surface area contributed by atoms with Crippen LogP contribution in [0.3, 0.4) is 0 Å². The quantitative estimate of drug-likeness (QED) is 0.224. The van der Waals surface area contributed by atoms with Crippen molar-refractivity contribution in [1.29, 1.82) is 0 Å². The molecule has 1 aromatic heterocycles. The van der Waals surface area contributed by atoms with Gasteiger partial charge in [-0.3, -0.25) is 6.08 Å². The molecule has 6 rings (SSSR count). The Morgan fingerprint density at radius 1 is 0.935 bits per heavy atom. The van der Waals surface area contributed by atoms with Crippen molar-refractivity contribution < 1.29 is 50.7 Å². The van der Waals surface area contributed by atoms with E-state index >= 15 is 0 Å². The Hall–Kier alpha value is -0.980. The molecule has 0 saturated heterocycles. The summed E-state index contributed by atoms with van der Waals surface area (Å²) in [7, 11) is -0.264. The molecule has 4 heteroatoms. The van der Waals surface area contributed by atoms with E-state index in [2.05, 4.69) is 86.7 Å². The van der Waals surface area contributed by atoms with Gasteiger partial charge < -0.3 is 24.8 Å². The number of benzene rings is 2. The number of allylic oxidation sites excluding steroid dienone is 4. The summed E-state index contributed by atoms with van der Waals surface area (Å²) in [6.45, 7) is 4.22. The van der Waals surface area contributed by atoms with E-state index in [9.17, 15) is 0 Å². The van der Waals surface area contributed by atoms with Gasteiger partial charge in [0.05, 0.1) is 0 Å². The smallest absolute Gasteiger partial charge is 1.00 e. The van der Waals surface area contributed by atoms with Crippen molar-refractivity contribution in [3.63, 3.8) is 0 Å². The first-order valence-corrected chi connectivity index (χ1v) is 11.6. The SMILES string of the molecule is CC1=[C-]CC=C1C.[Cl-].[Cl-].[Hf+4].c1ccc2[cH-]c(-p3c4c(c5ccccc53)CCC4)cc2c1. The largest absolute Gasteiger partial charge is 4.00 e. The van der Waals surface area contributed by atoms with E-state index in [1.54, 1.807) is 26.7 Å². The van der Waals surface area contributed by atoms with Crippen LogP contribution in [0.5, 0.6) is 0 Å². The molecule has 2 aliphatic carbocycles. The summed E-state index contributed by atoms with van der Waals surface area (Å²) in [6, 6.07) is 22.7. The van der Waals surface area contributed by atoms with Gasteiger partial charge in [0, 0.05) is 5.12 Å². The average molecular weight is 630 g/mol. The molecule has 0 radical (unpaired) electrons. The zero-order chi connectivity index (χ0) is 19.1. The zero-order valence-corrected chi connectivity index (χ0v) is 23.9. The summed E-state index contributed by atoms with van der Waals surface area (Å²) in [5.41, 5.74) is 4.38. The van der Waals surface area contributed by atoms with Gasteiger partial charge in [0.1, 0.15) is 0 Å². The van der Waals surface area contributed by atoms with Gasteiger partial charge in [0.2, 0.25) is 0 Å². The third-order valence-electron chi connectivity index (χ3n) is 6.16. The molecule has 1 heterocycles. The molecule has 0 amide bonds. The van der Waals surface area contributed by atoms with Crippen molar-refractivity contribution in [2.75, 3.05) is 0 Å². The number of hydrogen-bond acceptors (Lipinski definition) is 0. The van der Waals surface area contributed by atoms with Crippen molar-refractivity contribution in [3.05, 3.63) is 94.8 Å². The fourth-order valence-corrected chi connectivity index (χ4v) is 7.53. The van der Waals surface area contributed by atoms with E-state index in [-0.39, 0.29) is 58.2 Å². The minimum atomic E-state index is -0.264. The third kappa shape index (κ3) is 5.01. The predicted octanol–water partition coefficient (Wildman–Crippen LogP) is 2.27. The normalized spacial score (nSPS) is 14.5. The standard InChI is InChI=1S/C20H16P.C7H9.2ClH.Hf/c1-2-7-15-13-16(12-14(15)6-1)21-19-10-4-3-8-17(19)18-9-5-11-20(18)21;1-6-4-3-5-7(6)2;;;/h1-4,6-8,10,12-13H,5,9,11H2;4H,3H2,1-2H3;2*1H;/q2*-1;;;+4/p-2. The van der Waals surface area contributed by atoms with Crippen LogP contribution in [0, 0.1) is 6.08 Å². The first-order valence-electron chi connectivity index (χ1n) is 10.2. The van der Waals surface area contributed by atoms with Crippen molar-refractivity contribution >= 4 is 28.8 Å². The van der Waals surface area contributed by atoms with Crippen LogP contribution in [0.1, 0.15) is 37.5 Å². The maximum Gasteiger partial charge on any atom is 4.00 e. The second kappa shape index (κ2) is 11.2. The third-order valence-corrected chi connectivity index (χ3v) is 8.84. The molecule has 0 bridgehead atoms. The molecule has 156 valence electrons. The number of fused-ring (bicyclic) bond motifs is 4. The molecule has 1 unspecified atom stereocenters. The average Bonchev–Trinajstić information content (AvgIpc) is 3.47. The minimum Gasteiger partial charge on any atom is -1.00 e. The molecule has 2 aliphatic rings. The maximum absolute atomic E-state index is 3.19. The van der Waals surface area contributed by atoms with E-state index in [0.29, 0.717) is 0 Å². The summed E-state index contributed by atoms with van der Waals surface area (Å²) < 4.78 is 0. The van der Waals surface area contributed by atoms with Gasteiger partial charge in [-0.1, -0.05) is 42.6 Å². The minimum absolute atomic E-state index is 0. The van der Waals surface area contributed by atoms with Gasteiger partial charge in [-0.2, -0.15) is 12.1 Å². The van der Waals surface area contributed by atoms with Crippen LogP contribution in [-0.2, 0) is 38.7 Å². The molecule has 0 saturated carbocycles. The molecule has 1 atom stereocenters. The second-order valence-corrected chi connectivity index (χ2v) is 10.1. The number of aryl methyl sites for hydroxylation is 1. The molecule has 0 spiro atoms. The Morgan fingerprint density at radius 3 is 2.35 bits per heavy atom. The van der Waals surface area contributed by atoms with Crippen LogP contribution < -0.4 is 24.8 Å². The molecule has 31 heavy (non-hydrogen) atoms. The number of halogens is 2. The van der Waals surface area contributed by atoms with Crippen LogP contribution in [-0.4, -0.2) is 0 Å². The van der Waals surface area contributed by atoms with Gasteiger partial charge >= 0.3 is 25.8 Å². The second-order valence-electron chi connectivity index (χ2n) is 7.87. The van der Waals surface area contributed by atoms with Crippen molar-refractivity contribution in [2.45, 2.75) is 39.5 Å². The van der Waals surface area contributed by atoms with Gasteiger partial charge in [-0.15, -0.1) is 55.9 Å². The fourth-order valence-electron chi connectivity index (χ4n) is 4.54. The van der Waals surface area contributed by atoms with E-state index in [1.807, 2.05) is 0 Å². The van der Waals surface area contributed by atoms with Gasteiger partial charge in [0.15, 0.2) is 0 Å². The molecule has 4 aromatic rings. The van der Waals surface area contributed by atoms with E-state index in [1.165, 1.54) is 41.2 Å². The molecule has 0 nitrogen and oxygen atoms in total. The van der Waals surface area contributed by atoms with Crippen molar-refractivity contribution in [1.82, 2.24) is 0 Å². The number of hydrogen-bond donors (Lipinski definition) is 0. The maximum atomic E-state index is 3.19. The summed E-state index contributed by atoms with van der Waals surface area (Å²) in [6.07, 6.45) is 10.3. The Balaban J connectivity index is 0.000000298. The van der Waals surface area contributed by atoms with Crippen LogP contribution in [0.4, 0.5) is 0 Å². The first-order chi connectivity index (χ1) is 13.7. The van der Waals surface area contributed by atoms with Crippen LogP contribution in [0.15, 0.2) is 77.9 Å². The zero-order valence-electron chi connectivity index (χ0n) is 17.9. The Kier molecular flexibility index (Phi) is 9.53. The predicted molar refractivity (Wildman–Crippen MR) is 124 cm³/mol. The molecule has 0 aliphatic heterocycles. The molecule has 3 aromatic carbocycles. The topological polar surface area (TPSA) is 0 Å². The van der Waals surface area contributed by atoms with Crippen LogP contribution in [0.25, 0.3) is 26.6 Å². The van der Waals surface area contributed by atoms with Crippen LogP contribution in [0.2, 0.25) is 0 Å². The first kappa shape index (κ1) is 26.3. The summed E-state index contributed by atoms with van der Waals surface area (Å²) in [5.74, 6) is 0. The summed E-state index contributed by atoms with van der Waals surface area (Å²) >= 11 is 0. The van der Waals surface area contributed by atoms with E-state index < -0.39 is 0 Å². The van der Waals surface area contributed by atoms with E-state index in [0.717, 1.165) is 6.42 Å². The Bertz CT molecular complexity index is 1190. The Morgan fingerprint density at radius 2 is 1.68 bits per heavy atom. The van der Waals surface area contributed by atoms with Gasteiger partial charge in [-0.05, 0) is 35.5 Å². The van der Waals surface area contributed by atoms with Gasteiger partial charge in [0.25, 0.3) is 0 Å². The monoisotopic (exact) mass is 630 g/mol. The molecular formula is C27H25Cl2HfP. The van der Waals surface area contributed by atoms with Crippen molar-refractivity contribution in [2.24, 2.45) is 0 Å². The van der Waals surface area contributed by atoms with E-state index in [4.69, 9.17) is 0 Å². The summed E-state index contributed by atoms with van der Waals surface area (Å²) in [5, 5.41) is 9.21.